The Bertz CT molecular complexity index is 1170. The van der Waals surface area contributed by atoms with Gasteiger partial charge in [-0.05, 0) is 36.8 Å². The molecule has 0 atom stereocenters. The molecule has 0 fully saturated rings. The summed E-state index contributed by atoms with van der Waals surface area (Å²) in [6, 6.07) is 12.9. The predicted octanol–water partition coefficient (Wildman–Crippen LogP) is 5.62. The van der Waals surface area contributed by atoms with Gasteiger partial charge >= 0.3 is 4.87 Å². The van der Waals surface area contributed by atoms with E-state index in [4.69, 9.17) is 23.2 Å². The Kier molecular flexibility index (Phi) is 4.68. The number of allylic oxidation sites excluding steroid dienone is 1. The largest absolute Gasteiger partial charge is 0.493 e. The maximum absolute atomic E-state index is 12.4. The number of benzene rings is 2. The molecule has 0 radical (unpaired) electrons. The van der Waals surface area contributed by atoms with Crippen molar-refractivity contribution in [1.82, 2.24) is 4.57 Å². The van der Waals surface area contributed by atoms with Crippen molar-refractivity contribution in [3.8, 4) is 5.88 Å². The monoisotopic (exact) mass is 416 g/mol. The molecule has 1 aliphatic heterocycles. The minimum Gasteiger partial charge on any atom is -0.493 e. The summed E-state index contributed by atoms with van der Waals surface area (Å²) in [5, 5.41) is 11.6. The Morgan fingerprint density at radius 3 is 2.78 bits per heavy atom. The summed E-state index contributed by atoms with van der Waals surface area (Å²) in [6.45, 7) is 2.08. The molecule has 136 valence electrons. The van der Waals surface area contributed by atoms with Crippen molar-refractivity contribution in [1.29, 1.82) is 0 Å². The highest BCUT2D eigenvalue weighted by Gasteiger charge is 2.20. The fraction of sp³-hybridized carbons (Fsp3) is 0.100. The van der Waals surface area contributed by atoms with Crippen LogP contribution in [-0.2, 0) is 6.54 Å². The van der Waals surface area contributed by atoms with E-state index >= 15 is 0 Å². The Hall–Kier alpha value is -2.34. The topological polar surface area (TPSA) is 54.6 Å². The normalized spacial score (nSPS) is 14.5. The van der Waals surface area contributed by atoms with Gasteiger partial charge in [-0.1, -0.05) is 58.8 Å². The molecule has 4 nitrogen and oxygen atoms in total. The van der Waals surface area contributed by atoms with Gasteiger partial charge in [0, 0.05) is 26.9 Å². The van der Waals surface area contributed by atoms with Crippen molar-refractivity contribution >= 4 is 57.6 Å². The minimum absolute atomic E-state index is 0.0827. The lowest BCUT2D eigenvalue weighted by atomic mass is 10.0. The number of aromatic nitrogens is 1. The number of hydrogen-bond donors (Lipinski definition) is 1. The Morgan fingerprint density at radius 1 is 1.22 bits per heavy atom. The number of nitrogens with zero attached hydrogens (tertiary/aromatic N) is 2. The summed E-state index contributed by atoms with van der Waals surface area (Å²) in [6.07, 6.45) is 1.81. The maximum atomic E-state index is 12.4. The number of thiazole rings is 1. The van der Waals surface area contributed by atoms with Crippen molar-refractivity contribution in [2.24, 2.45) is 4.99 Å². The van der Waals surface area contributed by atoms with E-state index in [1.165, 1.54) is 4.57 Å². The second kappa shape index (κ2) is 7.00. The number of hydrogen-bond acceptors (Lipinski definition) is 4. The van der Waals surface area contributed by atoms with Crippen LogP contribution in [0.2, 0.25) is 10.0 Å². The molecule has 0 bridgehead atoms. The predicted molar refractivity (Wildman–Crippen MR) is 113 cm³/mol. The van der Waals surface area contributed by atoms with Gasteiger partial charge in [-0.15, -0.1) is 0 Å². The van der Waals surface area contributed by atoms with E-state index in [2.05, 4.69) is 4.99 Å². The van der Waals surface area contributed by atoms with Gasteiger partial charge in [0.2, 0.25) is 5.88 Å². The molecule has 2 heterocycles. The van der Waals surface area contributed by atoms with Crippen LogP contribution in [0.1, 0.15) is 22.9 Å². The highest BCUT2D eigenvalue weighted by Crippen LogP contribution is 2.37. The van der Waals surface area contributed by atoms with Gasteiger partial charge in [-0.2, -0.15) is 0 Å². The lowest BCUT2D eigenvalue weighted by Crippen LogP contribution is -2.13. The Morgan fingerprint density at radius 2 is 2.00 bits per heavy atom. The Labute approximate surface area is 169 Å². The molecule has 0 saturated carbocycles. The van der Waals surface area contributed by atoms with Crippen molar-refractivity contribution in [3.05, 3.63) is 78.2 Å². The van der Waals surface area contributed by atoms with E-state index in [1.807, 2.05) is 37.3 Å². The van der Waals surface area contributed by atoms with Crippen molar-refractivity contribution in [2.45, 2.75) is 13.5 Å². The first-order chi connectivity index (χ1) is 12.9. The fourth-order valence-corrected chi connectivity index (χ4v) is 4.31. The second-order valence-electron chi connectivity index (χ2n) is 6.15. The molecule has 0 aliphatic carbocycles. The van der Waals surface area contributed by atoms with E-state index in [0.29, 0.717) is 20.5 Å². The van der Waals surface area contributed by atoms with E-state index in [0.717, 1.165) is 33.9 Å². The molecule has 1 aliphatic rings. The summed E-state index contributed by atoms with van der Waals surface area (Å²) in [4.78, 5) is 17.2. The van der Waals surface area contributed by atoms with Gasteiger partial charge in [0.25, 0.3) is 0 Å². The molecule has 27 heavy (non-hydrogen) atoms. The van der Waals surface area contributed by atoms with Crippen molar-refractivity contribution in [3.63, 3.8) is 0 Å². The van der Waals surface area contributed by atoms with Crippen LogP contribution in [0.3, 0.4) is 0 Å². The summed E-state index contributed by atoms with van der Waals surface area (Å²) in [5.74, 6) is -0.0827. The molecule has 1 aromatic heterocycles. The van der Waals surface area contributed by atoms with E-state index in [-0.39, 0.29) is 17.3 Å². The van der Waals surface area contributed by atoms with E-state index in [9.17, 15) is 9.90 Å². The molecule has 3 aromatic rings. The maximum Gasteiger partial charge on any atom is 0.310 e. The quantitative estimate of drug-likeness (QED) is 0.602. The second-order valence-corrected chi connectivity index (χ2v) is 7.99. The molecule has 0 amide bonds. The first-order valence-electron chi connectivity index (χ1n) is 8.17. The third-order valence-corrected chi connectivity index (χ3v) is 5.89. The molecular weight excluding hydrogens is 403 g/mol. The number of aliphatic imine (C=N–C) groups is 1. The zero-order valence-corrected chi connectivity index (χ0v) is 16.6. The average molecular weight is 417 g/mol. The zero-order chi connectivity index (χ0) is 19.1. The average Bonchev–Trinajstić information content (AvgIpc) is 3.08. The lowest BCUT2D eigenvalue weighted by molar-refractivity contribution is 0.420. The molecule has 4 rings (SSSR count). The molecular formula is C20H14Cl2N2O2S. The molecule has 0 unspecified atom stereocenters. The molecule has 1 N–H and O–H groups in total. The summed E-state index contributed by atoms with van der Waals surface area (Å²) in [5.41, 5.74) is 4.34. The fourth-order valence-electron chi connectivity index (χ4n) is 3.02. The van der Waals surface area contributed by atoms with Crippen LogP contribution in [0.5, 0.6) is 5.88 Å². The Balaban J connectivity index is 1.74. The van der Waals surface area contributed by atoms with Crippen LogP contribution < -0.4 is 4.87 Å². The van der Waals surface area contributed by atoms with Crippen LogP contribution in [0.4, 0.5) is 5.69 Å². The van der Waals surface area contributed by atoms with Crippen LogP contribution in [0, 0.1) is 0 Å². The van der Waals surface area contributed by atoms with Crippen molar-refractivity contribution < 1.29 is 5.11 Å². The van der Waals surface area contributed by atoms with Crippen molar-refractivity contribution in [2.75, 3.05) is 0 Å². The van der Waals surface area contributed by atoms with Gasteiger partial charge in [-0.3, -0.25) is 14.4 Å². The highest BCUT2D eigenvalue weighted by atomic mass is 35.5. The molecule has 7 heteroatoms. The van der Waals surface area contributed by atoms with Crippen LogP contribution in [0.25, 0.3) is 11.6 Å². The first-order valence-corrected chi connectivity index (χ1v) is 9.74. The minimum atomic E-state index is -0.258. The van der Waals surface area contributed by atoms with Gasteiger partial charge in [-0.25, -0.2) is 0 Å². The van der Waals surface area contributed by atoms with Crippen LogP contribution in [-0.4, -0.2) is 15.4 Å². The standard InChI is InChI=1S/C20H14Cl2N2O2S/c1-11-15(14-4-2-3-5-17(14)23-11)9-18-19(25)24(20(26)27-18)10-12-6-7-13(21)8-16(12)22/h2-9,25H,10H2,1H3. The highest BCUT2D eigenvalue weighted by molar-refractivity contribution is 7.10. The third kappa shape index (κ3) is 3.34. The number of rotatable bonds is 3. The van der Waals surface area contributed by atoms with Gasteiger partial charge < -0.3 is 5.11 Å². The number of aromatic hydroxyl groups is 1. The van der Waals surface area contributed by atoms with E-state index in [1.54, 1.807) is 18.2 Å². The van der Waals surface area contributed by atoms with Gasteiger partial charge in [0.05, 0.1) is 17.1 Å². The van der Waals surface area contributed by atoms with Gasteiger partial charge in [0.1, 0.15) is 0 Å². The zero-order valence-electron chi connectivity index (χ0n) is 14.2. The van der Waals surface area contributed by atoms with E-state index < -0.39 is 0 Å². The number of fused-ring (bicyclic) bond motifs is 1. The summed E-state index contributed by atoms with van der Waals surface area (Å²) < 4.78 is 1.31. The number of halogens is 2. The number of para-hydroxylation sites is 1. The molecule has 0 spiro atoms. The summed E-state index contributed by atoms with van der Waals surface area (Å²) in [7, 11) is 0. The first kappa shape index (κ1) is 18.0. The van der Waals surface area contributed by atoms with Gasteiger partial charge in [0.15, 0.2) is 0 Å². The van der Waals surface area contributed by atoms with Crippen LogP contribution in [0.15, 0.2) is 52.3 Å². The summed E-state index contributed by atoms with van der Waals surface area (Å²) >= 11 is 13.1. The molecule has 0 saturated heterocycles. The lowest BCUT2D eigenvalue weighted by Gasteiger charge is -2.07. The smallest absolute Gasteiger partial charge is 0.310 e. The third-order valence-electron chi connectivity index (χ3n) is 4.38. The molecule has 2 aromatic carbocycles. The van der Waals surface area contributed by atoms with Crippen LogP contribution >= 0.6 is 34.5 Å². The SMILES string of the molecule is CC1=Nc2ccccc2C1=Cc1sc(=O)n(Cc2ccc(Cl)cc2Cl)c1O.